The van der Waals surface area contributed by atoms with Crippen LogP contribution in [-0.2, 0) is 20.3 Å². The second-order valence-electron chi connectivity index (χ2n) is 8.29. The molecule has 1 aromatic rings. The molecule has 2 atom stereocenters. The van der Waals surface area contributed by atoms with Gasteiger partial charge in [0.1, 0.15) is 6.29 Å². The Hall–Kier alpha value is -1.19. The standard InChI is InChI=1S/C19H26O3/c1-11-8-13-14(9-12(11)10-20)18(4,5)16-15(17(13,2)3)21-19(6,7)22-16/h8-10,15-16H,1-7H3/t15-,16?/m1/s1. The van der Waals surface area contributed by atoms with E-state index in [2.05, 4.69) is 33.8 Å². The summed E-state index contributed by atoms with van der Waals surface area (Å²) in [5.41, 5.74) is 3.90. The van der Waals surface area contributed by atoms with Gasteiger partial charge in [0.15, 0.2) is 5.79 Å². The summed E-state index contributed by atoms with van der Waals surface area (Å²) >= 11 is 0. The van der Waals surface area contributed by atoms with Gasteiger partial charge in [-0.2, -0.15) is 0 Å². The predicted molar refractivity (Wildman–Crippen MR) is 86.4 cm³/mol. The molecule has 1 aliphatic carbocycles. The maximum absolute atomic E-state index is 11.4. The molecule has 1 unspecified atom stereocenters. The molecule has 1 aliphatic heterocycles. The Morgan fingerprint density at radius 2 is 1.36 bits per heavy atom. The van der Waals surface area contributed by atoms with Gasteiger partial charge in [-0.05, 0) is 43.5 Å². The van der Waals surface area contributed by atoms with Crippen molar-refractivity contribution in [2.24, 2.45) is 0 Å². The lowest BCUT2D eigenvalue weighted by molar-refractivity contribution is -0.153. The third-order valence-electron chi connectivity index (χ3n) is 5.44. The van der Waals surface area contributed by atoms with Gasteiger partial charge in [-0.15, -0.1) is 0 Å². The summed E-state index contributed by atoms with van der Waals surface area (Å²) in [6.45, 7) is 14.7. The fraction of sp³-hybridized carbons (Fsp3) is 0.632. The molecule has 0 radical (unpaired) electrons. The van der Waals surface area contributed by atoms with Crippen LogP contribution < -0.4 is 0 Å². The number of carbonyl (C=O) groups is 1. The first-order valence-corrected chi connectivity index (χ1v) is 7.97. The maximum Gasteiger partial charge on any atom is 0.163 e. The van der Waals surface area contributed by atoms with Gasteiger partial charge < -0.3 is 9.47 Å². The molecule has 0 aromatic heterocycles. The zero-order valence-corrected chi connectivity index (χ0v) is 14.6. The Kier molecular flexibility index (Phi) is 3.16. The molecule has 1 heterocycles. The smallest absolute Gasteiger partial charge is 0.163 e. The van der Waals surface area contributed by atoms with Crippen LogP contribution in [0.25, 0.3) is 0 Å². The van der Waals surface area contributed by atoms with E-state index in [0.717, 1.165) is 17.4 Å². The van der Waals surface area contributed by atoms with E-state index in [1.54, 1.807) is 0 Å². The monoisotopic (exact) mass is 302 g/mol. The number of aryl methyl sites for hydroxylation is 1. The van der Waals surface area contributed by atoms with Crippen LogP contribution in [0.5, 0.6) is 0 Å². The maximum atomic E-state index is 11.4. The van der Waals surface area contributed by atoms with Crippen molar-refractivity contribution >= 4 is 6.29 Å². The van der Waals surface area contributed by atoms with Crippen molar-refractivity contribution in [1.29, 1.82) is 0 Å². The Labute approximate surface area is 133 Å². The Balaban J connectivity index is 2.26. The van der Waals surface area contributed by atoms with Gasteiger partial charge in [-0.25, -0.2) is 0 Å². The fourth-order valence-electron chi connectivity index (χ4n) is 4.04. The first kappa shape index (κ1) is 15.7. The summed E-state index contributed by atoms with van der Waals surface area (Å²) in [5, 5.41) is 0. The lowest BCUT2D eigenvalue weighted by atomic mass is 9.59. The predicted octanol–water partition coefficient (Wildman–Crippen LogP) is 3.90. The third kappa shape index (κ3) is 1.99. The van der Waals surface area contributed by atoms with Crippen molar-refractivity contribution in [3.05, 3.63) is 34.4 Å². The second-order valence-corrected chi connectivity index (χ2v) is 8.29. The summed E-state index contributed by atoms with van der Waals surface area (Å²) in [7, 11) is 0. The lowest BCUT2D eigenvalue weighted by Gasteiger charge is -2.48. The molecule has 2 aliphatic rings. The van der Waals surface area contributed by atoms with Crippen molar-refractivity contribution < 1.29 is 14.3 Å². The minimum Gasteiger partial charge on any atom is -0.344 e. The van der Waals surface area contributed by atoms with Crippen LogP contribution in [0.3, 0.4) is 0 Å². The van der Waals surface area contributed by atoms with Crippen molar-refractivity contribution in [2.75, 3.05) is 0 Å². The molecule has 1 aromatic carbocycles. The van der Waals surface area contributed by atoms with E-state index in [9.17, 15) is 4.79 Å². The Bertz CT molecular complexity index is 640. The minimum atomic E-state index is -0.575. The molecule has 3 nitrogen and oxygen atoms in total. The van der Waals surface area contributed by atoms with Gasteiger partial charge >= 0.3 is 0 Å². The van der Waals surface area contributed by atoms with E-state index in [4.69, 9.17) is 9.47 Å². The van der Waals surface area contributed by atoms with E-state index in [1.165, 1.54) is 11.1 Å². The molecule has 0 N–H and O–H groups in total. The summed E-state index contributed by atoms with van der Waals surface area (Å²) in [6, 6.07) is 4.20. The molecule has 3 heteroatoms. The molecular formula is C19H26O3. The summed E-state index contributed by atoms with van der Waals surface area (Å²) in [5.74, 6) is -0.575. The molecule has 0 amide bonds. The highest BCUT2D eigenvalue weighted by atomic mass is 16.8. The van der Waals surface area contributed by atoms with Gasteiger partial charge in [0.25, 0.3) is 0 Å². The van der Waals surface area contributed by atoms with Crippen LogP contribution in [0.15, 0.2) is 12.1 Å². The van der Waals surface area contributed by atoms with Crippen LogP contribution in [0, 0.1) is 6.92 Å². The van der Waals surface area contributed by atoms with Gasteiger partial charge in [0.2, 0.25) is 0 Å². The number of fused-ring (bicyclic) bond motifs is 2. The number of benzene rings is 1. The summed E-state index contributed by atoms with van der Waals surface area (Å²) in [4.78, 5) is 11.4. The van der Waals surface area contributed by atoms with Crippen molar-refractivity contribution in [1.82, 2.24) is 0 Å². The topological polar surface area (TPSA) is 35.5 Å². The molecular weight excluding hydrogens is 276 g/mol. The second kappa shape index (κ2) is 4.42. The van der Waals surface area contributed by atoms with Crippen molar-refractivity contribution in [2.45, 2.75) is 77.3 Å². The van der Waals surface area contributed by atoms with E-state index >= 15 is 0 Å². The van der Waals surface area contributed by atoms with Gasteiger partial charge in [0.05, 0.1) is 12.2 Å². The van der Waals surface area contributed by atoms with Gasteiger partial charge in [0, 0.05) is 16.4 Å². The van der Waals surface area contributed by atoms with Crippen LogP contribution in [0.2, 0.25) is 0 Å². The van der Waals surface area contributed by atoms with E-state index in [1.807, 2.05) is 26.8 Å². The SMILES string of the molecule is Cc1cc2c(cc1C=O)C(C)(C)C1OC(C)(C)O[C@H]1C2(C)C. The first-order valence-electron chi connectivity index (χ1n) is 7.97. The first-order chi connectivity index (χ1) is 10.0. The number of carbonyl (C=O) groups excluding carboxylic acids is 1. The minimum absolute atomic E-state index is 0.00600. The number of aldehydes is 1. The fourth-order valence-corrected chi connectivity index (χ4v) is 4.04. The van der Waals surface area contributed by atoms with Crippen molar-refractivity contribution in [3.8, 4) is 0 Å². The highest BCUT2D eigenvalue weighted by Gasteiger charge is 2.59. The number of hydrogen-bond donors (Lipinski definition) is 0. The summed E-state index contributed by atoms with van der Waals surface area (Å²) < 4.78 is 12.5. The highest BCUT2D eigenvalue weighted by Crippen LogP contribution is 2.53. The van der Waals surface area contributed by atoms with Gasteiger partial charge in [-0.3, -0.25) is 4.79 Å². The molecule has 0 bridgehead atoms. The Morgan fingerprint density at radius 1 is 0.909 bits per heavy atom. The molecule has 120 valence electrons. The van der Waals surface area contributed by atoms with Crippen LogP contribution in [-0.4, -0.2) is 24.3 Å². The quantitative estimate of drug-likeness (QED) is 0.738. The zero-order valence-electron chi connectivity index (χ0n) is 14.6. The lowest BCUT2D eigenvalue weighted by Crippen LogP contribution is -2.54. The van der Waals surface area contributed by atoms with Crippen LogP contribution >= 0.6 is 0 Å². The third-order valence-corrected chi connectivity index (χ3v) is 5.44. The molecule has 1 saturated heterocycles. The van der Waals surface area contributed by atoms with E-state index in [-0.39, 0.29) is 23.0 Å². The van der Waals surface area contributed by atoms with Gasteiger partial charge in [-0.1, -0.05) is 33.8 Å². The normalized spacial score (nSPS) is 30.5. The van der Waals surface area contributed by atoms with E-state index < -0.39 is 5.79 Å². The average Bonchev–Trinajstić information content (AvgIpc) is 2.74. The van der Waals surface area contributed by atoms with Crippen molar-refractivity contribution in [3.63, 3.8) is 0 Å². The Morgan fingerprint density at radius 3 is 1.82 bits per heavy atom. The van der Waals surface area contributed by atoms with Crippen LogP contribution in [0.1, 0.15) is 68.6 Å². The number of hydrogen-bond acceptors (Lipinski definition) is 3. The molecule has 3 rings (SSSR count). The molecule has 1 fully saturated rings. The number of ether oxygens (including phenoxy) is 2. The van der Waals surface area contributed by atoms with Crippen LogP contribution in [0.4, 0.5) is 0 Å². The molecule has 22 heavy (non-hydrogen) atoms. The largest absolute Gasteiger partial charge is 0.344 e. The molecule has 0 saturated carbocycles. The summed E-state index contributed by atoms with van der Waals surface area (Å²) in [6.07, 6.45) is 0.930. The molecule has 0 spiro atoms. The number of rotatable bonds is 1. The zero-order chi connectivity index (χ0) is 16.5. The van der Waals surface area contributed by atoms with E-state index in [0.29, 0.717) is 0 Å². The highest BCUT2D eigenvalue weighted by molar-refractivity contribution is 5.78. The average molecular weight is 302 g/mol.